The average Bonchev–Trinajstić information content (AvgIpc) is 3.23. The molecule has 3 rings (SSSR count). The van der Waals surface area contributed by atoms with Gasteiger partial charge in [0, 0.05) is 17.0 Å². The molecule has 1 aromatic heterocycles. The van der Waals surface area contributed by atoms with E-state index in [9.17, 15) is 16.8 Å². The fraction of sp³-hybridized carbons (Fsp3) is 0.312. The molecule has 0 radical (unpaired) electrons. The first-order chi connectivity index (χ1) is 12.2. The molecule has 1 aliphatic rings. The van der Waals surface area contributed by atoms with Gasteiger partial charge in [-0.05, 0) is 36.1 Å². The van der Waals surface area contributed by atoms with Gasteiger partial charge in [0.25, 0.3) is 0 Å². The van der Waals surface area contributed by atoms with Crippen LogP contribution in [0.15, 0.2) is 46.9 Å². The summed E-state index contributed by atoms with van der Waals surface area (Å²) in [6, 6.07) is 10.2. The van der Waals surface area contributed by atoms with Crippen LogP contribution in [-0.4, -0.2) is 39.0 Å². The summed E-state index contributed by atoms with van der Waals surface area (Å²) in [6.45, 7) is 1.60. The van der Waals surface area contributed by atoms with E-state index < -0.39 is 20.0 Å². The van der Waals surface area contributed by atoms with Gasteiger partial charge in [-0.15, -0.1) is 11.3 Å². The number of sulfonamides is 2. The number of anilines is 1. The van der Waals surface area contributed by atoms with Crippen molar-refractivity contribution in [1.82, 2.24) is 4.41 Å². The standard InChI is InChI=1S/C16H19N3O4S3/c1-3-26(22,23)19-15(16-5-4-10-24-16)11-14(17-19)12-6-8-13(9-7-12)18-25(2,20)21/h4-10,15,18H,3,11H2,1-2H3/t15-/m1/s1. The topological polar surface area (TPSA) is 95.9 Å². The maximum atomic E-state index is 12.4. The van der Waals surface area contributed by atoms with Crippen molar-refractivity contribution < 1.29 is 16.8 Å². The van der Waals surface area contributed by atoms with Crippen molar-refractivity contribution >= 4 is 42.8 Å². The van der Waals surface area contributed by atoms with Gasteiger partial charge in [-0.3, -0.25) is 4.72 Å². The number of rotatable bonds is 6. The van der Waals surface area contributed by atoms with Gasteiger partial charge in [-0.1, -0.05) is 18.2 Å². The van der Waals surface area contributed by atoms with E-state index in [4.69, 9.17) is 0 Å². The lowest BCUT2D eigenvalue weighted by molar-refractivity contribution is 0.376. The average molecular weight is 414 g/mol. The quantitative estimate of drug-likeness (QED) is 0.787. The van der Waals surface area contributed by atoms with E-state index in [1.165, 1.54) is 15.8 Å². The number of nitrogens with zero attached hydrogens (tertiary/aromatic N) is 2. The molecule has 140 valence electrons. The molecule has 1 aliphatic heterocycles. The molecule has 10 heteroatoms. The molecule has 1 atom stereocenters. The van der Waals surface area contributed by atoms with Gasteiger partial charge in [0.2, 0.25) is 20.0 Å². The Kier molecular flexibility index (Phi) is 5.09. The second-order valence-corrected chi connectivity index (χ2v) is 10.7. The molecular formula is C16H19N3O4S3. The summed E-state index contributed by atoms with van der Waals surface area (Å²) in [5.41, 5.74) is 1.87. The van der Waals surface area contributed by atoms with E-state index in [2.05, 4.69) is 9.82 Å². The van der Waals surface area contributed by atoms with Gasteiger partial charge in [0.05, 0.1) is 17.7 Å². The first-order valence-corrected chi connectivity index (χ1v) is 12.3. The van der Waals surface area contributed by atoms with Gasteiger partial charge in [-0.25, -0.2) is 16.8 Å². The van der Waals surface area contributed by atoms with Crippen LogP contribution < -0.4 is 4.72 Å². The minimum absolute atomic E-state index is 0.0249. The van der Waals surface area contributed by atoms with Gasteiger partial charge >= 0.3 is 0 Å². The number of hydrazone groups is 1. The Hall–Kier alpha value is -1.91. The summed E-state index contributed by atoms with van der Waals surface area (Å²) in [5.74, 6) is -0.0249. The second-order valence-electron chi connectivity index (χ2n) is 5.91. The molecule has 0 saturated heterocycles. The SMILES string of the molecule is CCS(=O)(=O)N1N=C(c2ccc(NS(C)(=O)=O)cc2)C[C@@H]1c1cccs1. The number of nitrogens with one attached hydrogen (secondary N) is 1. The molecule has 1 aromatic carbocycles. The second kappa shape index (κ2) is 7.01. The third-order valence-corrected chi connectivity index (χ3v) is 7.13. The molecule has 0 saturated carbocycles. The van der Waals surface area contributed by atoms with Crippen LogP contribution in [0.1, 0.15) is 29.8 Å². The highest BCUT2D eigenvalue weighted by atomic mass is 32.2. The first kappa shape index (κ1) is 18.9. The Balaban J connectivity index is 1.91. The Labute approximate surface area is 157 Å². The molecule has 0 aliphatic carbocycles. The van der Waals surface area contributed by atoms with Gasteiger partial charge in [0.1, 0.15) is 6.04 Å². The zero-order valence-electron chi connectivity index (χ0n) is 14.3. The first-order valence-electron chi connectivity index (χ1n) is 7.91. The van der Waals surface area contributed by atoms with Crippen LogP contribution in [0, 0.1) is 0 Å². The van der Waals surface area contributed by atoms with E-state index in [0.29, 0.717) is 17.8 Å². The third kappa shape index (κ3) is 4.08. The van der Waals surface area contributed by atoms with Crippen LogP contribution in [-0.2, 0) is 20.0 Å². The molecular weight excluding hydrogens is 394 g/mol. The molecule has 1 N–H and O–H groups in total. The lowest BCUT2D eigenvalue weighted by Crippen LogP contribution is -2.28. The highest BCUT2D eigenvalue weighted by Gasteiger charge is 2.36. The summed E-state index contributed by atoms with van der Waals surface area (Å²) < 4.78 is 51.1. The predicted molar refractivity (Wildman–Crippen MR) is 104 cm³/mol. The van der Waals surface area contributed by atoms with Crippen LogP contribution in [0.2, 0.25) is 0 Å². The fourth-order valence-electron chi connectivity index (χ4n) is 2.69. The number of hydrogen-bond donors (Lipinski definition) is 1. The van der Waals surface area contributed by atoms with Crippen molar-refractivity contribution in [3.63, 3.8) is 0 Å². The van der Waals surface area contributed by atoms with E-state index in [0.717, 1.165) is 16.7 Å². The molecule has 0 amide bonds. The van der Waals surface area contributed by atoms with Gasteiger partial charge in [0.15, 0.2) is 0 Å². The van der Waals surface area contributed by atoms with E-state index in [1.807, 2.05) is 17.5 Å². The molecule has 0 spiro atoms. The van der Waals surface area contributed by atoms with Crippen LogP contribution in [0.5, 0.6) is 0 Å². The zero-order valence-corrected chi connectivity index (χ0v) is 16.7. The van der Waals surface area contributed by atoms with E-state index >= 15 is 0 Å². The summed E-state index contributed by atoms with van der Waals surface area (Å²) in [6.07, 6.45) is 1.56. The molecule has 0 bridgehead atoms. The van der Waals surface area contributed by atoms with Crippen LogP contribution in [0.4, 0.5) is 5.69 Å². The smallest absolute Gasteiger partial charge is 0.250 e. The van der Waals surface area contributed by atoms with Gasteiger partial charge in [-0.2, -0.15) is 9.52 Å². The molecule has 0 unspecified atom stereocenters. The summed E-state index contributed by atoms with van der Waals surface area (Å²) >= 11 is 1.50. The van der Waals surface area contributed by atoms with Crippen molar-refractivity contribution in [3.05, 3.63) is 52.2 Å². The van der Waals surface area contributed by atoms with Crippen molar-refractivity contribution in [3.8, 4) is 0 Å². The number of hydrogen-bond acceptors (Lipinski definition) is 6. The Morgan fingerprint density at radius 1 is 1.19 bits per heavy atom. The molecule has 7 nitrogen and oxygen atoms in total. The fourth-order valence-corrected chi connectivity index (χ4v) is 5.20. The Bertz CT molecular complexity index is 1010. The molecule has 26 heavy (non-hydrogen) atoms. The minimum Gasteiger partial charge on any atom is -0.284 e. The lowest BCUT2D eigenvalue weighted by atomic mass is 10.0. The van der Waals surface area contributed by atoms with Crippen LogP contribution >= 0.6 is 11.3 Å². The molecule has 2 aromatic rings. The predicted octanol–water partition coefficient (Wildman–Crippen LogP) is 2.62. The minimum atomic E-state index is -3.49. The highest BCUT2D eigenvalue weighted by Crippen LogP contribution is 2.37. The van der Waals surface area contributed by atoms with Crippen molar-refractivity contribution in [2.45, 2.75) is 19.4 Å². The maximum Gasteiger partial charge on any atom is 0.250 e. The Morgan fingerprint density at radius 3 is 2.42 bits per heavy atom. The van der Waals surface area contributed by atoms with E-state index in [1.54, 1.807) is 31.2 Å². The van der Waals surface area contributed by atoms with Gasteiger partial charge < -0.3 is 0 Å². The summed E-state index contributed by atoms with van der Waals surface area (Å²) in [4.78, 5) is 0.941. The third-order valence-electron chi connectivity index (χ3n) is 3.92. The van der Waals surface area contributed by atoms with Crippen LogP contribution in [0.3, 0.4) is 0 Å². The number of benzene rings is 1. The summed E-state index contributed by atoms with van der Waals surface area (Å²) in [7, 11) is -6.83. The monoisotopic (exact) mass is 413 g/mol. The van der Waals surface area contributed by atoms with Crippen molar-refractivity contribution in [2.24, 2.45) is 5.10 Å². The zero-order chi connectivity index (χ0) is 18.9. The van der Waals surface area contributed by atoms with Crippen LogP contribution in [0.25, 0.3) is 0 Å². The Morgan fingerprint density at radius 2 is 1.88 bits per heavy atom. The highest BCUT2D eigenvalue weighted by molar-refractivity contribution is 7.92. The van der Waals surface area contributed by atoms with E-state index in [-0.39, 0.29) is 11.8 Å². The van der Waals surface area contributed by atoms with Crippen molar-refractivity contribution in [1.29, 1.82) is 0 Å². The summed E-state index contributed by atoms with van der Waals surface area (Å²) in [5, 5.41) is 6.28. The normalized spacial score (nSPS) is 18.0. The van der Waals surface area contributed by atoms with Crippen molar-refractivity contribution in [2.75, 3.05) is 16.7 Å². The maximum absolute atomic E-state index is 12.4. The number of thiophene rings is 1. The molecule has 2 heterocycles. The molecule has 0 fully saturated rings. The lowest BCUT2D eigenvalue weighted by Gasteiger charge is -2.21. The largest absolute Gasteiger partial charge is 0.284 e.